The van der Waals surface area contributed by atoms with Crippen LogP contribution in [-0.2, 0) is 30.4 Å². The number of likely N-dealkylation sites (N-methyl/N-ethyl adjacent to an activating group) is 1. The topological polar surface area (TPSA) is 155 Å². The van der Waals surface area contributed by atoms with Crippen LogP contribution in [0.25, 0.3) is 0 Å². The van der Waals surface area contributed by atoms with Crippen LogP contribution in [0.2, 0.25) is 0 Å². The van der Waals surface area contributed by atoms with Gasteiger partial charge in [-0.05, 0) is 81.8 Å². The van der Waals surface area contributed by atoms with E-state index in [9.17, 15) is 28.0 Å². The Morgan fingerprint density at radius 1 is 1.08 bits per heavy atom. The smallest absolute Gasteiger partial charge is 0.410 e. The Bertz CT molecular complexity index is 1470. The zero-order valence-corrected chi connectivity index (χ0v) is 28.1. The lowest BCUT2D eigenvalue weighted by Crippen LogP contribution is -2.55. The molecule has 5 N–H and O–H groups in total. The summed E-state index contributed by atoms with van der Waals surface area (Å²) < 4.78 is 40.3. The van der Waals surface area contributed by atoms with Crippen molar-refractivity contribution in [2.24, 2.45) is 11.7 Å². The fraction of sp³-hybridized carbons (Fsp3) is 0.529. The normalized spacial score (nSPS) is 18.0. The number of nitrogens with two attached hydrogens (primary N) is 1. The summed E-state index contributed by atoms with van der Waals surface area (Å²) in [5, 5.41) is 8.32. The first-order valence-corrected chi connectivity index (χ1v) is 16.1. The third-order valence-electron chi connectivity index (χ3n) is 8.53. The number of ether oxygens (including phenoxy) is 2. The van der Waals surface area contributed by atoms with E-state index >= 15 is 0 Å². The summed E-state index contributed by atoms with van der Waals surface area (Å²) in [5.41, 5.74) is 5.97. The molecule has 0 saturated carbocycles. The van der Waals surface area contributed by atoms with Crippen molar-refractivity contribution in [1.29, 1.82) is 0 Å². The van der Waals surface area contributed by atoms with Crippen molar-refractivity contribution in [2.75, 3.05) is 44.0 Å². The molecule has 14 heteroatoms. The second-order valence-electron chi connectivity index (χ2n) is 13.3. The number of hydrogen-bond acceptors (Lipinski definition) is 8. The molecule has 4 rings (SSSR count). The SMILES string of the molecule is C[C@@H](C(=O)NC(CN1Cc2ccc(NC(=O)CCN)cc2[C@H]1C(=O)Nc1c(F)cccc1F)C1CCOCC1)N(C)C(=O)OC(C)(C)C. The molecule has 1 fully saturated rings. The van der Waals surface area contributed by atoms with Gasteiger partial charge in [0.2, 0.25) is 17.7 Å². The predicted molar refractivity (Wildman–Crippen MR) is 176 cm³/mol. The first-order valence-electron chi connectivity index (χ1n) is 16.1. The minimum Gasteiger partial charge on any atom is -0.444 e. The first kappa shape index (κ1) is 36.7. The van der Waals surface area contributed by atoms with Gasteiger partial charge >= 0.3 is 6.09 Å². The standard InChI is InChI=1S/C34H46F2N6O6/c1-20(41(5)33(46)48-34(2,3)4)31(44)39-27(21-12-15-47-16-13-21)19-42-18-22-9-10-23(38-28(43)11-14-37)17-24(22)30(42)32(45)40-29-25(35)7-6-8-26(29)36/h6-10,17,20-21,27,30H,11-16,18-19,37H2,1-5H3,(H,38,43)(H,39,44)(H,40,45)/t20-,27?,30-/m0/s1. The van der Waals surface area contributed by atoms with Crippen molar-refractivity contribution in [3.63, 3.8) is 0 Å². The van der Waals surface area contributed by atoms with Gasteiger partial charge in [-0.25, -0.2) is 13.6 Å². The van der Waals surface area contributed by atoms with Crippen LogP contribution in [0.4, 0.5) is 25.0 Å². The van der Waals surface area contributed by atoms with Crippen LogP contribution in [0.5, 0.6) is 0 Å². The Morgan fingerprint density at radius 3 is 2.38 bits per heavy atom. The van der Waals surface area contributed by atoms with Gasteiger partial charge in [0, 0.05) is 58.0 Å². The van der Waals surface area contributed by atoms with Crippen LogP contribution < -0.4 is 21.7 Å². The Morgan fingerprint density at radius 2 is 1.75 bits per heavy atom. The molecule has 3 atom stereocenters. The molecule has 2 heterocycles. The maximum absolute atomic E-state index is 14.6. The first-order chi connectivity index (χ1) is 22.7. The van der Waals surface area contributed by atoms with E-state index in [0.717, 1.165) is 17.7 Å². The number of hydrogen-bond donors (Lipinski definition) is 4. The number of fused-ring (bicyclic) bond motifs is 1. The van der Waals surface area contributed by atoms with E-state index in [1.807, 2.05) is 4.90 Å². The van der Waals surface area contributed by atoms with Crippen LogP contribution in [0.15, 0.2) is 36.4 Å². The lowest BCUT2D eigenvalue weighted by Gasteiger charge is -2.36. The predicted octanol–water partition coefficient (Wildman–Crippen LogP) is 3.91. The van der Waals surface area contributed by atoms with Gasteiger partial charge in [0.1, 0.15) is 35.0 Å². The second kappa shape index (κ2) is 15.8. The van der Waals surface area contributed by atoms with Gasteiger partial charge < -0.3 is 31.2 Å². The number of amides is 4. The minimum absolute atomic E-state index is 0.0238. The molecule has 1 saturated heterocycles. The number of nitrogens with one attached hydrogen (secondary N) is 3. The molecule has 0 aromatic heterocycles. The van der Waals surface area contributed by atoms with Crippen molar-refractivity contribution in [1.82, 2.24) is 15.1 Å². The molecule has 262 valence electrons. The monoisotopic (exact) mass is 672 g/mol. The van der Waals surface area contributed by atoms with Crippen molar-refractivity contribution in [3.05, 3.63) is 59.2 Å². The number of benzene rings is 2. The number of anilines is 2. The van der Waals surface area contributed by atoms with Crippen molar-refractivity contribution in [2.45, 2.75) is 77.2 Å². The number of halogens is 2. The lowest BCUT2D eigenvalue weighted by atomic mass is 9.90. The summed E-state index contributed by atoms with van der Waals surface area (Å²) in [6, 6.07) is 6.11. The summed E-state index contributed by atoms with van der Waals surface area (Å²) in [5.74, 6) is -3.26. The molecule has 48 heavy (non-hydrogen) atoms. The number of nitrogens with zero attached hydrogens (tertiary/aromatic N) is 2. The van der Waals surface area contributed by atoms with E-state index in [4.69, 9.17) is 15.2 Å². The molecular weight excluding hydrogens is 626 g/mol. The third-order valence-corrected chi connectivity index (χ3v) is 8.53. The van der Waals surface area contributed by atoms with Gasteiger partial charge in [0.25, 0.3) is 0 Å². The van der Waals surface area contributed by atoms with Gasteiger partial charge in [-0.2, -0.15) is 0 Å². The average molecular weight is 673 g/mol. The number of rotatable bonds is 11. The molecule has 0 aliphatic carbocycles. The van der Waals surface area contributed by atoms with E-state index < -0.39 is 59.0 Å². The zero-order chi connectivity index (χ0) is 35.2. The number of para-hydroxylation sites is 1. The van der Waals surface area contributed by atoms with Crippen LogP contribution in [0.3, 0.4) is 0 Å². The van der Waals surface area contributed by atoms with E-state index in [1.165, 1.54) is 18.0 Å². The van der Waals surface area contributed by atoms with Gasteiger partial charge in [0.05, 0.1) is 0 Å². The maximum atomic E-state index is 14.6. The highest BCUT2D eigenvalue weighted by Crippen LogP contribution is 2.38. The summed E-state index contributed by atoms with van der Waals surface area (Å²) in [4.78, 5) is 55.6. The lowest BCUT2D eigenvalue weighted by molar-refractivity contribution is -0.127. The van der Waals surface area contributed by atoms with E-state index in [-0.39, 0.29) is 37.9 Å². The minimum atomic E-state index is -1.02. The molecule has 4 amide bonds. The molecule has 1 unspecified atom stereocenters. The molecule has 2 aliphatic heterocycles. The molecular formula is C34H46F2N6O6. The third kappa shape index (κ3) is 9.26. The largest absolute Gasteiger partial charge is 0.444 e. The van der Waals surface area contributed by atoms with Crippen LogP contribution in [0, 0.1) is 17.6 Å². The highest BCUT2D eigenvalue weighted by atomic mass is 19.1. The van der Waals surface area contributed by atoms with Crippen molar-refractivity contribution >= 4 is 35.2 Å². The van der Waals surface area contributed by atoms with E-state index in [0.29, 0.717) is 37.3 Å². The summed E-state index contributed by atoms with van der Waals surface area (Å²) in [7, 11) is 1.49. The van der Waals surface area contributed by atoms with Gasteiger partial charge in [-0.3, -0.25) is 24.2 Å². The average Bonchev–Trinajstić information content (AvgIpc) is 3.38. The highest BCUT2D eigenvalue weighted by molar-refractivity contribution is 5.97. The van der Waals surface area contributed by atoms with E-state index in [1.54, 1.807) is 45.9 Å². The Hall–Kier alpha value is -4.14. The van der Waals surface area contributed by atoms with Gasteiger partial charge in [-0.15, -0.1) is 0 Å². The number of carbonyl (C=O) groups excluding carboxylic acids is 4. The Kier molecular flexibility index (Phi) is 12.1. The van der Waals surface area contributed by atoms with Crippen LogP contribution in [-0.4, -0.2) is 84.7 Å². The maximum Gasteiger partial charge on any atom is 0.410 e. The summed E-state index contributed by atoms with van der Waals surface area (Å²) in [6.45, 7) is 8.45. The van der Waals surface area contributed by atoms with Crippen molar-refractivity contribution < 1.29 is 37.4 Å². The molecule has 0 bridgehead atoms. The Labute approximate surface area is 279 Å². The zero-order valence-electron chi connectivity index (χ0n) is 28.1. The summed E-state index contributed by atoms with van der Waals surface area (Å²) in [6.07, 6.45) is 0.760. The van der Waals surface area contributed by atoms with Crippen LogP contribution >= 0.6 is 0 Å². The molecule has 2 aromatic rings. The van der Waals surface area contributed by atoms with Gasteiger partial charge in [-0.1, -0.05) is 12.1 Å². The fourth-order valence-electron chi connectivity index (χ4n) is 5.87. The molecule has 0 radical (unpaired) electrons. The van der Waals surface area contributed by atoms with Crippen LogP contribution in [0.1, 0.15) is 64.1 Å². The Balaban J connectivity index is 1.63. The number of carbonyl (C=O) groups is 4. The quantitative estimate of drug-likeness (QED) is 0.280. The van der Waals surface area contributed by atoms with Gasteiger partial charge in [0.15, 0.2) is 0 Å². The highest BCUT2D eigenvalue weighted by Gasteiger charge is 2.40. The molecule has 12 nitrogen and oxygen atoms in total. The summed E-state index contributed by atoms with van der Waals surface area (Å²) >= 11 is 0. The van der Waals surface area contributed by atoms with Crippen molar-refractivity contribution in [3.8, 4) is 0 Å². The molecule has 2 aliphatic rings. The fourth-order valence-corrected chi connectivity index (χ4v) is 5.87. The molecule has 0 spiro atoms. The molecule has 2 aromatic carbocycles. The van der Waals surface area contributed by atoms with E-state index in [2.05, 4.69) is 16.0 Å². The second-order valence-corrected chi connectivity index (χ2v) is 13.3.